The summed E-state index contributed by atoms with van der Waals surface area (Å²) in [5.74, 6) is 1.94. The molecule has 3 heteroatoms. The summed E-state index contributed by atoms with van der Waals surface area (Å²) >= 11 is 0. The third kappa shape index (κ3) is 4.75. The number of methoxy groups -OCH3 is 1. The fourth-order valence-corrected chi connectivity index (χ4v) is 3.27. The molecule has 2 aromatic carbocycles. The highest BCUT2D eigenvalue weighted by atomic mass is 16.5. The van der Waals surface area contributed by atoms with Crippen LogP contribution in [0.25, 0.3) is 0 Å². The Morgan fingerprint density at radius 1 is 1.08 bits per heavy atom. The largest absolute Gasteiger partial charge is 0.497 e. The number of para-hydroxylation sites is 1. The lowest BCUT2D eigenvalue weighted by atomic mass is 10.0. The maximum atomic E-state index is 6.07. The fourth-order valence-electron chi connectivity index (χ4n) is 3.27. The lowest BCUT2D eigenvalue weighted by Gasteiger charge is -2.14. The number of benzene rings is 2. The third-order valence-electron chi connectivity index (χ3n) is 4.68. The van der Waals surface area contributed by atoms with Crippen molar-refractivity contribution in [3.8, 4) is 11.5 Å². The second-order valence-electron chi connectivity index (χ2n) is 6.39. The monoisotopic (exact) mass is 325 g/mol. The van der Waals surface area contributed by atoms with E-state index in [0.29, 0.717) is 6.04 Å². The zero-order valence-electron chi connectivity index (χ0n) is 14.5. The molecule has 0 aliphatic carbocycles. The SMILES string of the molecule is COc1cccc(CCc2ccccc2OCCC2CCCN2)c1. The van der Waals surface area contributed by atoms with E-state index in [1.807, 2.05) is 12.1 Å². The summed E-state index contributed by atoms with van der Waals surface area (Å²) in [6, 6.07) is 17.3. The quantitative estimate of drug-likeness (QED) is 0.796. The van der Waals surface area contributed by atoms with Gasteiger partial charge in [-0.25, -0.2) is 0 Å². The maximum Gasteiger partial charge on any atom is 0.122 e. The van der Waals surface area contributed by atoms with Crippen molar-refractivity contribution in [1.29, 1.82) is 0 Å². The normalized spacial score (nSPS) is 17.0. The van der Waals surface area contributed by atoms with Crippen LogP contribution in [0.15, 0.2) is 48.5 Å². The first kappa shape index (κ1) is 16.8. The van der Waals surface area contributed by atoms with Gasteiger partial charge in [-0.2, -0.15) is 0 Å². The van der Waals surface area contributed by atoms with Crippen LogP contribution in [0.5, 0.6) is 11.5 Å². The molecule has 3 nitrogen and oxygen atoms in total. The minimum absolute atomic E-state index is 0.633. The van der Waals surface area contributed by atoms with Crippen LogP contribution in [0.4, 0.5) is 0 Å². The molecule has 0 saturated carbocycles. The van der Waals surface area contributed by atoms with Crippen LogP contribution in [-0.4, -0.2) is 26.3 Å². The number of nitrogens with one attached hydrogen (secondary N) is 1. The molecule has 24 heavy (non-hydrogen) atoms. The summed E-state index contributed by atoms with van der Waals surface area (Å²) in [7, 11) is 1.71. The minimum atomic E-state index is 0.633. The number of hydrogen-bond donors (Lipinski definition) is 1. The molecule has 128 valence electrons. The van der Waals surface area contributed by atoms with Gasteiger partial charge in [0.15, 0.2) is 0 Å². The van der Waals surface area contributed by atoms with Crippen molar-refractivity contribution in [2.45, 2.75) is 38.1 Å². The minimum Gasteiger partial charge on any atom is -0.497 e. The molecule has 0 aromatic heterocycles. The van der Waals surface area contributed by atoms with E-state index in [2.05, 4.69) is 41.7 Å². The predicted octanol–water partition coefficient (Wildman–Crippen LogP) is 4.00. The van der Waals surface area contributed by atoms with E-state index >= 15 is 0 Å². The zero-order chi connectivity index (χ0) is 16.6. The summed E-state index contributed by atoms with van der Waals surface area (Å²) in [4.78, 5) is 0. The highest BCUT2D eigenvalue weighted by Crippen LogP contribution is 2.22. The topological polar surface area (TPSA) is 30.5 Å². The summed E-state index contributed by atoms with van der Waals surface area (Å²) < 4.78 is 11.4. The smallest absolute Gasteiger partial charge is 0.122 e. The second kappa shape index (κ2) is 8.74. The van der Waals surface area contributed by atoms with Gasteiger partial charge in [0, 0.05) is 6.04 Å². The highest BCUT2D eigenvalue weighted by Gasteiger charge is 2.14. The van der Waals surface area contributed by atoms with Crippen molar-refractivity contribution in [3.63, 3.8) is 0 Å². The lowest BCUT2D eigenvalue weighted by molar-refractivity contribution is 0.289. The van der Waals surface area contributed by atoms with Gasteiger partial charge in [0.25, 0.3) is 0 Å². The summed E-state index contributed by atoms with van der Waals surface area (Å²) in [6.45, 7) is 1.94. The van der Waals surface area contributed by atoms with E-state index in [9.17, 15) is 0 Å². The molecule has 0 bridgehead atoms. The molecule has 1 saturated heterocycles. The first-order valence-corrected chi connectivity index (χ1v) is 8.92. The molecular formula is C21H27NO2. The first-order valence-electron chi connectivity index (χ1n) is 8.92. The first-order chi connectivity index (χ1) is 11.8. The fraction of sp³-hybridized carbons (Fsp3) is 0.429. The molecule has 1 N–H and O–H groups in total. The molecule has 2 aromatic rings. The number of ether oxygens (including phenoxy) is 2. The molecule has 0 radical (unpaired) electrons. The Kier molecular flexibility index (Phi) is 6.13. The van der Waals surface area contributed by atoms with Gasteiger partial charge >= 0.3 is 0 Å². The van der Waals surface area contributed by atoms with Gasteiger partial charge in [-0.15, -0.1) is 0 Å². The van der Waals surface area contributed by atoms with E-state index in [0.717, 1.165) is 43.9 Å². The predicted molar refractivity (Wildman–Crippen MR) is 98.0 cm³/mol. The average Bonchev–Trinajstić information content (AvgIpc) is 3.14. The summed E-state index contributed by atoms with van der Waals surface area (Å²) in [6.07, 6.45) is 5.62. The molecule has 0 amide bonds. The van der Waals surface area contributed by atoms with Crippen LogP contribution >= 0.6 is 0 Å². The van der Waals surface area contributed by atoms with Crippen molar-refractivity contribution < 1.29 is 9.47 Å². The van der Waals surface area contributed by atoms with E-state index < -0.39 is 0 Å². The Morgan fingerprint density at radius 3 is 2.83 bits per heavy atom. The van der Waals surface area contributed by atoms with E-state index in [1.165, 1.54) is 24.0 Å². The van der Waals surface area contributed by atoms with Crippen molar-refractivity contribution >= 4 is 0 Å². The molecule has 1 aliphatic heterocycles. The van der Waals surface area contributed by atoms with Crippen molar-refractivity contribution in [3.05, 3.63) is 59.7 Å². The molecule has 1 heterocycles. The van der Waals surface area contributed by atoms with Gasteiger partial charge in [-0.05, 0) is 68.0 Å². The van der Waals surface area contributed by atoms with E-state index in [1.54, 1.807) is 7.11 Å². The van der Waals surface area contributed by atoms with Crippen molar-refractivity contribution in [2.24, 2.45) is 0 Å². The Labute approximate surface area is 145 Å². The van der Waals surface area contributed by atoms with E-state index in [4.69, 9.17) is 9.47 Å². The van der Waals surface area contributed by atoms with E-state index in [-0.39, 0.29) is 0 Å². The van der Waals surface area contributed by atoms with Crippen LogP contribution < -0.4 is 14.8 Å². The maximum absolute atomic E-state index is 6.07. The highest BCUT2D eigenvalue weighted by molar-refractivity contribution is 5.35. The van der Waals surface area contributed by atoms with Crippen LogP contribution in [0.1, 0.15) is 30.4 Å². The van der Waals surface area contributed by atoms with Crippen LogP contribution in [-0.2, 0) is 12.8 Å². The van der Waals surface area contributed by atoms with Gasteiger partial charge < -0.3 is 14.8 Å². The molecule has 1 atom stereocenters. The Balaban J connectivity index is 1.54. The second-order valence-corrected chi connectivity index (χ2v) is 6.39. The summed E-state index contributed by atoms with van der Waals surface area (Å²) in [5, 5.41) is 3.52. The van der Waals surface area contributed by atoms with Crippen molar-refractivity contribution in [1.82, 2.24) is 5.32 Å². The third-order valence-corrected chi connectivity index (χ3v) is 4.68. The Bertz CT molecular complexity index is 635. The van der Waals surface area contributed by atoms with Gasteiger partial charge in [0.2, 0.25) is 0 Å². The molecular weight excluding hydrogens is 298 g/mol. The molecule has 1 fully saturated rings. The average molecular weight is 325 g/mol. The lowest BCUT2D eigenvalue weighted by Crippen LogP contribution is -2.23. The number of aryl methyl sites for hydroxylation is 2. The van der Waals surface area contributed by atoms with Gasteiger partial charge in [0.1, 0.15) is 11.5 Å². The van der Waals surface area contributed by atoms with Gasteiger partial charge in [0.05, 0.1) is 13.7 Å². The van der Waals surface area contributed by atoms with Gasteiger partial charge in [-0.1, -0.05) is 30.3 Å². The molecule has 0 spiro atoms. The van der Waals surface area contributed by atoms with Crippen LogP contribution in [0.3, 0.4) is 0 Å². The van der Waals surface area contributed by atoms with Gasteiger partial charge in [-0.3, -0.25) is 0 Å². The Hall–Kier alpha value is -2.00. The van der Waals surface area contributed by atoms with Crippen LogP contribution in [0.2, 0.25) is 0 Å². The summed E-state index contributed by atoms with van der Waals surface area (Å²) in [5.41, 5.74) is 2.57. The standard InChI is InChI=1S/C21H27NO2/c1-23-20-9-4-6-17(16-20)11-12-18-7-2-3-10-21(18)24-15-13-19-8-5-14-22-19/h2-4,6-7,9-10,16,19,22H,5,8,11-15H2,1H3. The zero-order valence-corrected chi connectivity index (χ0v) is 14.5. The molecule has 3 rings (SSSR count). The number of hydrogen-bond acceptors (Lipinski definition) is 3. The Morgan fingerprint density at radius 2 is 2.00 bits per heavy atom. The van der Waals surface area contributed by atoms with Crippen molar-refractivity contribution in [2.75, 3.05) is 20.3 Å². The molecule has 1 aliphatic rings. The molecule has 1 unspecified atom stereocenters. The van der Waals surface area contributed by atoms with Crippen LogP contribution in [0, 0.1) is 0 Å². The number of rotatable bonds is 8.